The van der Waals surface area contributed by atoms with E-state index in [1.54, 1.807) is 18.2 Å². The third kappa shape index (κ3) is 5.65. The van der Waals surface area contributed by atoms with Crippen molar-refractivity contribution in [1.29, 1.82) is 0 Å². The molecule has 0 aliphatic carbocycles. The van der Waals surface area contributed by atoms with Gasteiger partial charge in [-0.05, 0) is 30.2 Å². The normalized spacial score (nSPS) is 14.5. The van der Waals surface area contributed by atoms with E-state index >= 15 is 0 Å². The van der Waals surface area contributed by atoms with Crippen LogP contribution >= 0.6 is 23.2 Å². The van der Waals surface area contributed by atoms with Crippen LogP contribution < -0.4 is 10.1 Å². The fourth-order valence-corrected chi connectivity index (χ4v) is 3.75. The molecule has 8 heteroatoms. The van der Waals surface area contributed by atoms with Crippen LogP contribution in [0.15, 0.2) is 36.4 Å². The Morgan fingerprint density at radius 2 is 1.77 bits per heavy atom. The molecule has 1 heterocycles. The van der Waals surface area contributed by atoms with Gasteiger partial charge in [0.2, 0.25) is 11.8 Å². The molecule has 160 valence electrons. The number of methoxy groups -OCH3 is 1. The summed E-state index contributed by atoms with van der Waals surface area (Å²) in [5.41, 5.74) is 2.29. The van der Waals surface area contributed by atoms with E-state index in [4.69, 9.17) is 27.9 Å². The maximum absolute atomic E-state index is 12.6. The van der Waals surface area contributed by atoms with E-state index in [2.05, 4.69) is 5.32 Å². The van der Waals surface area contributed by atoms with E-state index in [1.165, 1.54) is 7.11 Å². The van der Waals surface area contributed by atoms with Crippen molar-refractivity contribution in [3.63, 3.8) is 0 Å². The van der Waals surface area contributed by atoms with E-state index in [9.17, 15) is 9.59 Å². The maximum Gasteiger partial charge on any atom is 0.238 e. The Hall–Kier alpha value is -2.28. The predicted octanol–water partition coefficient (Wildman–Crippen LogP) is 3.64. The summed E-state index contributed by atoms with van der Waals surface area (Å²) in [5.74, 6) is 0.438. The van der Waals surface area contributed by atoms with E-state index in [0.717, 1.165) is 11.1 Å². The van der Waals surface area contributed by atoms with Crippen molar-refractivity contribution in [3.05, 3.63) is 57.6 Å². The number of rotatable bonds is 6. The summed E-state index contributed by atoms with van der Waals surface area (Å²) in [7, 11) is 1.54. The lowest BCUT2D eigenvalue weighted by Crippen LogP contribution is -2.50. The molecule has 1 fully saturated rings. The first-order valence-electron chi connectivity index (χ1n) is 9.75. The second kappa shape index (κ2) is 10.2. The largest absolute Gasteiger partial charge is 0.495 e. The Morgan fingerprint density at radius 3 is 2.43 bits per heavy atom. The average molecular weight is 450 g/mol. The number of nitrogens with zero attached hydrogens (tertiary/aromatic N) is 2. The smallest absolute Gasteiger partial charge is 0.238 e. The van der Waals surface area contributed by atoms with E-state index in [1.807, 2.05) is 34.9 Å². The van der Waals surface area contributed by atoms with Gasteiger partial charge in [0.25, 0.3) is 0 Å². The van der Waals surface area contributed by atoms with Crippen LogP contribution in [0.3, 0.4) is 0 Å². The third-order valence-electron chi connectivity index (χ3n) is 5.15. The molecule has 0 saturated carbocycles. The summed E-state index contributed by atoms with van der Waals surface area (Å²) in [6.07, 6.45) is 0.288. The molecule has 1 aliphatic heterocycles. The minimum atomic E-state index is -0.133. The SMILES string of the molecule is COc1cc(Cl)c(C)cc1NC(=O)CN1CCN(C(=O)Cc2ccccc2Cl)CC1. The lowest BCUT2D eigenvalue weighted by atomic mass is 10.1. The lowest BCUT2D eigenvalue weighted by molar-refractivity contribution is -0.132. The minimum absolute atomic E-state index is 0.0496. The highest BCUT2D eigenvalue weighted by Crippen LogP contribution is 2.30. The zero-order valence-corrected chi connectivity index (χ0v) is 18.6. The molecule has 0 spiro atoms. The van der Waals surface area contributed by atoms with Gasteiger partial charge >= 0.3 is 0 Å². The monoisotopic (exact) mass is 449 g/mol. The van der Waals surface area contributed by atoms with Crippen LogP contribution in [0.2, 0.25) is 10.0 Å². The Kier molecular flexibility index (Phi) is 7.58. The average Bonchev–Trinajstić information content (AvgIpc) is 2.72. The summed E-state index contributed by atoms with van der Waals surface area (Å²) >= 11 is 12.3. The highest BCUT2D eigenvalue weighted by molar-refractivity contribution is 6.32. The Bertz CT molecular complexity index is 928. The first-order valence-corrected chi connectivity index (χ1v) is 10.5. The molecule has 1 saturated heterocycles. The molecule has 0 unspecified atom stereocenters. The number of aryl methyl sites for hydroxylation is 1. The van der Waals surface area contributed by atoms with Crippen LogP contribution in [-0.2, 0) is 16.0 Å². The van der Waals surface area contributed by atoms with Gasteiger partial charge in [-0.3, -0.25) is 14.5 Å². The van der Waals surface area contributed by atoms with Gasteiger partial charge in [-0.2, -0.15) is 0 Å². The summed E-state index contributed by atoms with van der Waals surface area (Å²) in [6, 6.07) is 10.9. The second-order valence-electron chi connectivity index (χ2n) is 7.27. The number of halogens is 2. The highest BCUT2D eigenvalue weighted by atomic mass is 35.5. The van der Waals surface area contributed by atoms with Crippen LogP contribution in [-0.4, -0.2) is 61.4 Å². The fourth-order valence-electron chi connectivity index (χ4n) is 3.39. The van der Waals surface area contributed by atoms with Crippen molar-refractivity contribution < 1.29 is 14.3 Å². The topological polar surface area (TPSA) is 61.9 Å². The molecule has 2 amide bonds. The van der Waals surface area contributed by atoms with Gasteiger partial charge < -0.3 is 15.0 Å². The molecule has 0 atom stereocenters. The first-order chi connectivity index (χ1) is 14.4. The molecule has 6 nitrogen and oxygen atoms in total. The number of carbonyl (C=O) groups excluding carboxylic acids is 2. The second-order valence-corrected chi connectivity index (χ2v) is 8.09. The minimum Gasteiger partial charge on any atom is -0.495 e. The van der Waals surface area contributed by atoms with Gasteiger partial charge in [-0.15, -0.1) is 0 Å². The van der Waals surface area contributed by atoms with Gasteiger partial charge in [0.05, 0.1) is 25.8 Å². The molecule has 2 aromatic carbocycles. The molecular formula is C22H25Cl2N3O3. The number of hydrogen-bond acceptors (Lipinski definition) is 4. The number of hydrogen-bond donors (Lipinski definition) is 1. The molecule has 3 rings (SSSR count). The number of carbonyl (C=O) groups is 2. The van der Waals surface area contributed by atoms with E-state index in [0.29, 0.717) is 47.7 Å². The third-order valence-corrected chi connectivity index (χ3v) is 5.92. The summed E-state index contributed by atoms with van der Waals surface area (Å²) in [5, 5.41) is 4.08. The lowest BCUT2D eigenvalue weighted by Gasteiger charge is -2.34. The summed E-state index contributed by atoms with van der Waals surface area (Å²) in [4.78, 5) is 28.9. The van der Waals surface area contributed by atoms with Crippen molar-refractivity contribution in [3.8, 4) is 5.75 Å². The Labute approximate surface area is 186 Å². The predicted molar refractivity (Wildman–Crippen MR) is 120 cm³/mol. The van der Waals surface area contributed by atoms with E-state index in [-0.39, 0.29) is 24.8 Å². The van der Waals surface area contributed by atoms with Crippen LogP contribution in [0.5, 0.6) is 5.75 Å². The quantitative estimate of drug-likeness (QED) is 0.730. The van der Waals surface area contributed by atoms with Crippen molar-refractivity contribution >= 4 is 40.7 Å². The summed E-state index contributed by atoms with van der Waals surface area (Å²) in [6.45, 7) is 4.56. The Morgan fingerprint density at radius 1 is 1.07 bits per heavy atom. The number of amides is 2. The van der Waals surface area contributed by atoms with Crippen LogP contribution in [0, 0.1) is 6.92 Å². The molecule has 0 bridgehead atoms. The first kappa shape index (κ1) is 22.4. The van der Waals surface area contributed by atoms with Crippen molar-refractivity contribution in [1.82, 2.24) is 9.80 Å². The van der Waals surface area contributed by atoms with Crippen LogP contribution in [0.25, 0.3) is 0 Å². The van der Waals surface area contributed by atoms with Gasteiger partial charge in [0.15, 0.2) is 0 Å². The zero-order chi connectivity index (χ0) is 21.7. The number of ether oxygens (including phenoxy) is 1. The van der Waals surface area contributed by atoms with Gasteiger partial charge in [0, 0.05) is 42.3 Å². The number of nitrogens with one attached hydrogen (secondary N) is 1. The number of anilines is 1. The van der Waals surface area contributed by atoms with Crippen molar-refractivity contribution in [2.75, 3.05) is 45.2 Å². The molecule has 0 aromatic heterocycles. The fraction of sp³-hybridized carbons (Fsp3) is 0.364. The van der Waals surface area contributed by atoms with Gasteiger partial charge in [0.1, 0.15) is 5.75 Å². The molecule has 1 aliphatic rings. The molecule has 2 aromatic rings. The maximum atomic E-state index is 12.6. The van der Waals surface area contributed by atoms with E-state index < -0.39 is 0 Å². The number of benzene rings is 2. The highest BCUT2D eigenvalue weighted by Gasteiger charge is 2.23. The van der Waals surface area contributed by atoms with Crippen LogP contribution in [0.4, 0.5) is 5.69 Å². The number of piperazine rings is 1. The van der Waals surface area contributed by atoms with Crippen molar-refractivity contribution in [2.24, 2.45) is 0 Å². The zero-order valence-electron chi connectivity index (χ0n) is 17.1. The Balaban J connectivity index is 1.50. The molecule has 1 N–H and O–H groups in total. The molecule has 30 heavy (non-hydrogen) atoms. The van der Waals surface area contributed by atoms with Gasteiger partial charge in [-0.1, -0.05) is 41.4 Å². The van der Waals surface area contributed by atoms with Crippen LogP contribution in [0.1, 0.15) is 11.1 Å². The molecule has 0 radical (unpaired) electrons. The summed E-state index contributed by atoms with van der Waals surface area (Å²) < 4.78 is 5.30. The van der Waals surface area contributed by atoms with Gasteiger partial charge in [-0.25, -0.2) is 0 Å². The molecular weight excluding hydrogens is 425 g/mol. The van der Waals surface area contributed by atoms with Crippen molar-refractivity contribution in [2.45, 2.75) is 13.3 Å². The standard InChI is InChI=1S/C22H25Cl2N3O3/c1-15-11-19(20(30-2)13-18(15)24)25-21(28)14-26-7-9-27(10-8-26)22(29)12-16-5-3-4-6-17(16)23/h3-6,11,13H,7-10,12,14H2,1-2H3,(H,25,28).